The first-order valence-electron chi connectivity index (χ1n) is 5.34. The van der Waals surface area contributed by atoms with Crippen LogP contribution in [0, 0.1) is 5.95 Å². The second-order valence-electron chi connectivity index (χ2n) is 3.54. The van der Waals surface area contributed by atoms with Crippen LogP contribution in [0.4, 0.5) is 15.9 Å². The van der Waals surface area contributed by atoms with Gasteiger partial charge in [0.15, 0.2) is 0 Å². The molecule has 2 aromatic rings. The molecule has 0 fully saturated rings. The van der Waals surface area contributed by atoms with E-state index >= 15 is 0 Å². The highest BCUT2D eigenvalue weighted by Gasteiger charge is 2.06. The van der Waals surface area contributed by atoms with Gasteiger partial charge in [0.1, 0.15) is 17.3 Å². The summed E-state index contributed by atoms with van der Waals surface area (Å²) in [6.07, 6.45) is 0. The van der Waals surface area contributed by atoms with Gasteiger partial charge in [-0.15, -0.1) is 0 Å². The third-order valence-electron chi connectivity index (χ3n) is 2.38. The molecule has 0 spiro atoms. The number of nitrogens with zero attached hydrogens (tertiary/aromatic N) is 1. The molecule has 0 aliphatic carbocycles. The number of pyridine rings is 1. The van der Waals surface area contributed by atoms with Crippen LogP contribution in [0.15, 0.2) is 36.4 Å². The first-order valence-corrected chi connectivity index (χ1v) is 5.34. The molecule has 0 radical (unpaired) electrons. The standard InChI is InChI=1S/C13H13FN2O2/c1-17-9-6-7-11(18-2)10(8-9)15-13-5-3-4-12(14)16-13/h3-8H,1-2H3,(H,15,16). The van der Waals surface area contributed by atoms with Crippen molar-refractivity contribution in [2.24, 2.45) is 0 Å². The molecule has 0 amide bonds. The van der Waals surface area contributed by atoms with Crippen molar-refractivity contribution in [3.63, 3.8) is 0 Å². The van der Waals surface area contributed by atoms with Gasteiger partial charge < -0.3 is 14.8 Å². The molecular weight excluding hydrogens is 235 g/mol. The molecule has 1 N–H and O–H groups in total. The summed E-state index contributed by atoms with van der Waals surface area (Å²) < 4.78 is 23.3. The lowest BCUT2D eigenvalue weighted by molar-refractivity contribution is 0.405. The van der Waals surface area contributed by atoms with Crippen molar-refractivity contribution in [1.82, 2.24) is 4.98 Å². The maximum Gasteiger partial charge on any atom is 0.214 e. The zero-order valence-electron chi connectivity index (χ0n) is 10.1. The van der Waals surface area contributed by atoms with Gasteiger partial charge in [-0.05, 0) is 24.3 Å². The second kappa shape index (κ2) is 5.35. The minimum Gasteiger partial charge on any atom is -0.497 e. The number of benzene rings is 1. The van der Waals surface area contributed by atoms with Crippen LogP contribution in [0.5, 0.6) is 11.5 Å². The summed E-state index contributed by atoms with van der Waals surface area (Å²) in [7, 11) is 3.14. The van der Waals surface area contributed by atoms with E-state index in [0.717, 1.165) is 0 Å². The van der Waals surface area contributed by atoms with Gasteiger partial charge in [-0.1, -0.05) is 6.07 Å². The van der Waals surface area contributed by atoms with Gasteiger partial charge in [0.05, 0.1) is 19.9 Å². The summed E-state index contributed by atoms with van der Waals surface area (Å²) in [5.74, 6) is 1.17. The quantitative estimate of drug-likeness (QED) is 0.845. The molecule has 18 heavy (non-hydrogen) atoms. The first-order chi connectivity index (χ1) is 8.72. The molecule has 0 unspecified atom stereocenters. The summed E-state index contributed by atoms with van der Waals surface area (Å²) in [5, 5.41) is 2.98. The maximum absolute atomic E-state index is 13.0. The highest BCUT2D eigenvalue weighted by molar-refractivity contribution is 5.66. The Balaban J connectivity index is 2.32. The average molecular weight is 248 g/mol. The number of hydrogen-bond acceptors (Lipinski definition) is 4. The van der Waals surface area contributed by atoms with Crippen molar-refractivity contribution in [3.05, 3.63) is 42.3 Å². The number of aromatic nitrogens is 1. The molecule has 0 aliphatic rings. The van der Waals surface area contributed by atoms with Gasteiger partial charge in [0, 0.05) is 6.07 Å². The molecule has 1 aromatic carbocycles. The third-order valence-corrected chi connectivity index (χ3v) is 2.38. The Morgan fingerprint density at radius 1 is 1.11 bits per heavy atom. The predicted molar refractivity (Wildman–Crippen MR) is 67.0 cm³/mol. The van der Waals surface area contributed by atoms with E-state index in [0.29, 0.717) is 23.0 Å². The SMILES string of the molecule is COc1ccc(OC)c(Nc2cccc(F)n2)c1. The number of methoxy groups -OCH3 is 2. The van der Waals surface area contributed by atoms with Crippen LogP contribution in [-0.4, -0.2) is 19.2 Å². The van der Waals surface area contributed by atoms with Crippen LogP contribution < -0.4 is 14.8 Å². The third kappa shape index (κ3) is 2.68. The molecule has 1 heterocycles. The number of anilines is 2. The van der Waals surface area contributed by atoms with Gasteiger partial charge in [0.25, 0.3) is 0 Å². The minimum absolute atomic E-state index is 0.404. The van der Waals surface area contributed by atoms with Gasteiger partial charge >= 0.3 is 0 Å². The normalized spacial score (nSPS) is 9.94. The molecule has 2 rings (SSSR count). The summed E-state index contributed by atoms with van der Waals surface area (Å²) in [4.78, 5) is 3.73. The number of hydrogen-bond donors (Lipinski definition) is 1. The van der Waals surface area contributed by atoms with E-state index in [1.54, 1.807) is 44.6 Å². The van der Waals surface area contributed by atoms with Gasteiger partial charge in [-0.3, -0.25) is 0 Å². The van der Waals surface area contributed by atoms with Crippen molar-refractivity contribution in [1.29, 1.82) is 0 Å². The van der Waals surface area contributed by atoms with E-state index in [9.17, 15) is 4.39 Å². The van der Waals surface area contributed by atoms with Crippen LogP contribution in [0.25, 0.3) is 0 Å². The van der Waals surface area contributed by atoms with Crippen molar-refractivity contribution in [2.75, 3.05) is 19.5 Å². The van der Waals surface area contributed by atoms with E-state index in [2.05, 4.69) is 10.3 Å². The molecule has 0 bridgehead atoms. The molecule has 4 nitrogen and oxygen atoms in total. The van der Waals surface area contributed by atoms with E-state index in [-0.39, 0.29) is 0 Å². The fourth-order valence-electron chi connectivity index (χ4n) is 1.53. The number of nitrogens with one attached hydrogen (secondary N) is 1. The second-order valence-corrected chi connectivity index (χ2v) is 3.54. The van der Waals surface area contributed by atoms with E-state index < -0.39 is 5.95 Å². The topological polar surface area (TPSA) is 43.4 Å². The summed E-state index contributed by atoms with van der Waals surface area (Å²) in [6, 6.07) is 9.84. The summed E-state index contributed by atoms with van der Waals surface area (Å²) in [5.41, 5.74) is 0.662. The maximum atomic E-state index is 13.0. The molecule has 94 valence electrons. The number of rotatable bonds is 4. The van der Waals surface area contributed by atoms with E-state index in [1.165, 1.54) is 6.07 Å². The van der Waals surface area contributed by atoms with Crippen LogP contribution in [0.3, 0.4) is 0 Å². The van der Waals surface area contributed by atoms with Crippen LogP contribution in [-0.2, 0) is 0 Å². The molecule has 0 saturated heterocycles. The average Bonchev–Trinajstić information content (AvgIpc) is 2.38. The zero-order chi connectivity index (χ0) is 13.0. The monoisotopic (exact) mass is 248 g/mol. The van der Waals surface area contributed by atoms with Crippen molar-refractivity contribution < 1.29 is 13.9 Å². The number of ether oxygens (including phenoxy) is 2. The van der Waals surface area contributed by atoms with Crippen molar-refractivity contribution in [2.45, 2.75) is 0 Å². The molecule has 5 heteroatoms. The Hall–Kier alpha value is -2.30. The van der Waals surface area contributed by atoms with Gasteiger partial charge in [-0.2, -0.15) is 4.39 Å². The Kier molecular flexibility index (Phi) is 3.62. The highest BCUT2D eigenvalue weighted by Crippen LogP contribution is 2.30. The largest absolute Gasteiger partial charge is 0.497 e. The lowest BCUT2D eigenvalue weighted by Gasteiger charge is -2.11. The number of halogens is 1. The summed E-state index contributed by atoms with van der Waals surface area (Å²) >= 11 is 0. The lowest BCUT2D eigenvalue weighted by atomic mass is 10.2. The smallest absolute Gasteiger partial charge is 0.214 e. The van der Waals surface area contributed by atoms with E-state index in [4.69, 9.17) is 9.47 Å². The zero-order valence-corrected chi connectivity index (χ0v) is 10.1. The highest BCUT2D eigenvalue weighted by atomic mass is 19.1. The van der Waals surface area contributed by atoms with Gasteiger partial charge in [0.2, 0.25) is 5.95 Å². The fourth-order valence-corrected chi connectivity index (χ4v) is 1.53. The molecule has 0 saturated carbocycles. The first kappa shape index (κ1) is 12.2. The van der Waals surface area contributed by atoms with Crippen molar-refractivity contribution in [3.8, 4) is 11.5 Å². The van der Waals surface area contributed by atoms with Gasteiger partial charge in [-0.25, -0.2) is 4.98 Å². The minimum atomic E-state index is -0.540. The molecular formula is C13H13FN2O2. The van der Waals surface area contributed by atoms with Crippen LogP contribution in [0.2, 0.25) is 0 Å². The molecule has 0 aliphatic heterocycles. The molecule has 1 aromatic heterocycles. The van der Waals surface area contributed by atoms with Crippen LogP contribution in [0.1, 0.15) is 0 Å². The Bertz CT molecular complexity index is 546. The summed E-state index contributed by atoms with van der Waals surface area (Å²) in [6.45, 7) is 0. The Labute approximate surface area is 104 Å². The molecule has 0 atom stereocenters. The lowest BCUT2D eigenvalue weighted by Crippen LogP contribution is -1.98. The predicted octanol–water partition coefficient (Wildman–Crippen LogP) is 2.98. The van der Waals surface area contributed by atoms with Crippen LogP contribution >= 0.6 is 0 Å². The van der Waals surface area contributed by atoms with Crippen molar-refractivity contribution >= 4 is 11.5 Å². The Morgan fingerprint density at radius 3 is 2.61 bits per heavy atom. The van der Waals surface area contributed by atoms with E-state index in [1.807, 2.05) is 0 Å². The Morgan fingerprint density at radius 2 is 1.94 bits per heavy atom. The fraction of sp³-hybridized carbons (Fsp3) is 0.154.